The first kappa shape index (κ1) is 21.0. The van der Waals surface area contributed by atoms with Gasteiger partial charge in [-0.15, -0.1) is 0 Å². The summed E-state index contributed by atoms with van der Waals surface area (Å²) in [7, 11) is 0. The fourth-order valence-electron chi connectivity index (χ4n) is 3.87. The van der Waals surface area contributed by atoms with E-state index in [9.17, 15) is 4.79 Å². The first-order valence-electron chi connectivity index (χ1n) is 10.2. The van der Waals surface area contributed by atoms with Crippen LogP contribution in [0.25, 0.3) is 0 Å². The minimum absolute atomic E-state index is 0.0417. The van der Waals surface area contributed by atoms with E-state index in [0.29, 0.717) is 19.4 Å². The van der Waals surface area contributed by atoms with E-state index in [2.05, 4.69) is 50.9 Å². The van der Waals surface area contributed by atoms with E-state index >= 15 is 0 Å². The third-order valence-electron chi connectivity index (χ3n) is 5.04. The molecule has 0 spiro atoms. The number of pyridine rings is 1. The summed E-state index contributed by atoms with van der Waals surface area (Å²) in [4.78, 5) is 17.2. The number of benzene rings is 1. The van der Waals surface area contributed by atoms with Crippen LogP contribution in [0.3, 0.4) is 0 Å². The van der Waals surface area contributed by atoms with Crippen molar-refractivity contribution in [2.45, 2.75) is 66.3 Å². The van der Waals surface area contributed by atoms with Crippen molar-refractivity contribution >= 4 is 11.6 Å². The number of hydrogen-bond donors (Lipinski definition) is 0. The summed E-state index contributed by atoms with van der Waals surface area (Å²) in [6, 6.07) is 10.3. The van der Waals surface area contributed by atoms with Crippen LogP contribution in [-0.4, -0.2) is 33.8 Å². The average molecular weight is 394 g/mol. The highest BCUT2D eigenvalue weighted by Crippen LogP contribution is 2.31. The molecule has 5 nitrogen and oxygen atoms in total. The van der Waals surface area contributed by atoms with E-state index < -0.39 is 0 Å². The number of carbonyl (C=O) groups excluding carboxylic acids is 1. The number of aromatic nitrogens is 1. The molecule has 0 fully saturated rings. The maximum absolute atomic E-state index is 12.8. The van der Waals surface area contributed by atoms with E-state index in [4.69, 9.17) is 9.84 Å². The molecule has 0 unspecified atom stereocenters. The van der Waals surface area contributed by atoms with Gasteiger partial charge < -0.3 is 4.74 Å². The standard InChI is InChI=1S/C24H31N3O2/c1-16-10-17(2)12-20(11-16)22-15-24(5,6)27(26-22)23(28)8-7-9-29-21-13-18(3)25-19(4)14-21/h10-14H,7-9,15H2,1-6H3. The number of rotatable bonds is 6. The lowest BCUT2D eigenvalue weighted by Crippen LogP contribution is -2.40. The second kappa shape index (κ2) is 8.36. The molecule has 0 saturated heterocycles. The van der Waals surface area contributed by atoms with Gasteiger partial charge >= 0.3 is 0 Å². The highest BCUT2D eigenvalue weighted by Gasteiger charge is 2.38. The molecule has 0 radical (unpaired) electrons. The van der Waals surface area contributed by atoms with Crippen molar-refractivity contribution in [3.05, 3.63) is 58.4 Å². The number of nitrogens with zero attached hydrogens (tertiary/aromatic N) is 3. The highest BCUT2D eigenvalue weighted by atomic mass is 16.5. The Morgan fingerprint density at radius 3 is 2.28 bits per heavy atom. The molecule has 0 atom stereocenters. The molecule has 2 heterocycles. The SMILES string of the molecule is Cc1cc(C)cc(C2=NN(C(=O)CCCOc3cc(C)nc(C)c3)C(C)(C)C2)c1. The second-order valence-corrected chi connectivity index (χ2v) is 8.66. The van der Waals surface area contributed by atoms with Crippen molar-refractivity contribution in [1.29, 1.82) is 0 Å². The molecule has 154 valence electrons. The molecule has 0 saturated carbocycles. The van der Waals surface area contributed by atoms with Crippen LogP contribution in [-0.2, 0) is 4.79 Å². The lowest BCUT2D eigenvalue weighted by molar-refractivity contribution is -0.135. The predicted molar refractivity (Wildman–Crippen MR) is 116 cm³/mol. The Balaban J connectivity index is 1.61. The van der Waals surface area contributed by atoms with E-state index in [1.54, 1.807) is 5.01 Å². The number of hydrazone groups is 1. The van der Waals surface area contributed by atoms with Gasteiger partial charge in [0.25, 0.3) is 0 Å². The maximum atomic E-state index is 12.8. The Morgan fingerprint density at radius 2 is 1.66 bits per heavy atom. The van der Waals surface area contributed by atoms with Crippen molar-refractivity contribution in [3.8, 4) is 5.75 Å². The van der Waals surface area contributed by atoms with Crippen molar-refractivity contribution in [1.82, 2.24) is 9.99 Å². The van der Waals surface area contributed by atoms with Gasteiger partial charge in [-0.05, 0) is 53.5 Å². The topological polar surface area (TPSA) is 54.8 Å². The van der Waals surface area contributed by atoms with Crippen LogP contribution in [0.5, 0.6) is 5.75 Å². The number of carbonyl (C=O) groups is 1. The number of ether oxygens (including phenoxy) is 1. The Morgan fingerprint density at radius 1 is 1.03 bits per heavy atom. The molecule has 1 amide bonds. The third kappa shape index (κ3) is 5.22. The minimum atomic E-state index is -0.315. The van der Waals surface area contributed by atoms with Crippen molar-refractivity contribution in [2.24, 2.45) is 5.10 Å². The molecule has 1 aliphatic heterocycles. The van der Waals surface area contributed by atoms with Crippen LogP contribution < -0.4 is 4.74 Å². The fraction of sp³-hybridized carbons (Fsp3) is 0.458. The van der Waals surface area contributed by atoms with Gasteiger partial charge in [0.15, 0.2) is 0 Å². The average Bonchev–Trinajstić information content (AvgIpc) is 2.92. The molecule has 0 bridgehead atoms. The van der Waals surface area contributed by atoms with E-state index in [1.807, 2.05) is 26.0 Å². The predicted octanol–water partition coefficient (Wildman–Crippen LogP) is 4.89. The molecular weight excluding hydrogens is 362 g/mol. The smallest absolute Gasteiger partial charge is 0.243 e. The van der Waals surface area contributed by atoms with E-state index in [0.717, 1.165) is 34.8 Å². The van der Waals surface area contributed by atoms with Gasteiger partial charge in [0, 0.05) is 36.4 Å². The second-order valence-electron chi connectivity index (χ2n) is 8.66. The lowest BCUT2D eigenvalue weighted by Gasteiger charge is -2.28. The van der Waals surface area contributed by atoms with Crippen LogP contribution in [0.2, 0.25) is 0 Å². The summed E-state index contributed by atoms with van der Waals surface area (Å²) in [5.41, 5.74) is 6.07. The molecule has 2 aromatic rings. The Bertz CT molecular complexity index is 907. The largest absolute Gasteiger partial charge is 0.493 e. The minimum Gasteiger partial charge on any atom is -0.493 e. The molecule has 1 aromatic carbocycles. The number of aryl methyl sites for hydroxylation is 4. The lowest BCUT2D eigenvalue weighted by atomic mass is 9.93. The summed E-state index contributed by atoms with van der Waals surface area (Å²) >= 11 is 0. The van der Waals surface area contributed by atoms with E-state index in [-0.39, 0.29) is 11.4 Å². The van der Waals surface area contributed by atoms with Gasteiger partial charge in [0.2, 0.25) is 5.91 Å². The summed E-state index contributed by atoms with van der Waals surface area (Å²) < 4.78 is 5.80. The van der Waals surface area contributed by atoms with Crippen LogP contribution in [0.15, 0.2) is 35.4 Å². The zero-order valence-corrected chi connectivity index (χ0v) is 18.4. The zero-order chi connectivity index (χ0) is 21.2. The molecule has 0 N–H and O–H groups in total. The van der Waals surface area contributed by atoms with Crippen LogP contribution in [0, 0.1) is 27.7 Å². The molecule has 29 heavy (non-hydrogen) atoms. The van der Waals surface area contributed by atoms with Gasteiger partial charge in [0.05, 0.1) is 17.9 Å². The fourth-order valence-corrected chi connectivity index (χ4v) is 3.87. The molecule has 3 rings (SSSR count). The van der Waals surface area contributed by atoms with Crippen LogP contribution in [0.1, 0.15) is 61.2 Å². The summed E-state index contributed by atoms with van der Waals surface area (Å²) in [5.74, 6) is 0.846. The van der Waals surface area contributed by atoms with Gasteiger partial charge in [-0.1, -0.05) is 29.3 Å². The van der Waals surface area contributed by atoms with Crippen molar-refractivity contribution in [3.63, 3.8) is 0 Å². The van der Waals surface area contributed by atoms with E-state index in [1.165, 1.54) is 11.1 Å². The summed E-state index contributed by atoms with van der Waals surface area (Å²) in [5, 5.41) is 6.37. The third-order valence-corrected chi connectivity index (χ3v) is 5.04. The number of hydrogen-bond acceptors (Lipinski definition) is 4. The monoisotopic (exact) mass is 393 g/mol. The Hall–Kier alpha value is -2.69. The Kier molecular flexibility index (Phi) is 6.06. The maximum Gasteiger partial charge on any atom is 0.243 e. The first-order valence-corrected chi connectivity index (χ1v) is 10.2. The molecular formula is C24H31N3O2. The quantitative estimate of drug-likeness (QED) is 0.657. The molecule has 0 aliphatic carbocycles. The Labute approximate surface area is 173 Å². The van der Waals surface area contributed by atoms with Crippen LogP contribution >= 0.6 is 0 Å². The highest BCUT2D eigenvalue weighted by molar-refractivity contribution is 6.03. The summed E-state index contributed by atoms with van der Waals surface area (Å²) in [6.07, 6.45) is 1.82. The van der Waals surface area contributed by atoms with Crippen molar-refractivity contribution < 1.29 is 9.53 Å². The molecule has 1 aliphatic rings. The summed E-state index contributed by atoms with van der Waals surface area (Å²) in [6.45, 7) is 12.7. The normalized spacial score (nSPS) is 15.4. The molecule has 1 aromatic heterocycles. The van der Waals surface area contributed by atoms with Gasteiger partial charge in [-0.25, -0.2) is 5.01 Å². The van der Waals surface area contributed by atoms with Gasteiger partial charge in [0.1, 0.15) is 5.75 Å². The zero-order valence-electron chi connectivity index (χ0n) is 18.4. The van der Waals surface area contributed by atoms with Gasteiger partial charge in [-0.3, -0.25) is 9.78 Å². The van der Waals surface area contributed by atoms with Crippen LogP contribution in [0.4, 0.5) is 0 Å². The van der Waals surface area contributed by atoms with Crippen molar-refractivity contribution in [2.75, 3.05) is 6.61 Å². The van der Waals surface area contributed by atoms with Gasteiger partial charge in [-0.2, -0.15) is 5.10 Å². The number of amides is 1. The molecule has 5 heteroatoms. The first-order chi connectivity index (χ1) is 13.6.